The molecule has 1 aromatic rings. The van der Waals surface area contributed by atoms with Gasteiger partial charge in [0.2, 0.25) is 0 Å². The Kier molecular flexibility index (Phi) is 4.75. The zero-order chi connectivity index (χ0) is 12.1. The summed E-state index contributed by atoms with van der Waals surface area (Å²) in [5.74, 6) is 1.79. The molecule has 3 heteroatoms. The maximum absolute atomic E-state index is 5.43. The number of piperidine rings is 1. The summed E-state index contributed by atoms with van der Waals surface area (Å²) in [6.45, 7) is 2.34. The molecule has 94 valence electrons. The van der Waals surface area contributed by atoms with Gasteiger partial charge in [0.05, 0.1) is 12.0 Å². The van der Waals surface area contributed by atoms with Crippen molar-refractivity contribution in [3.8, 4) is 5.75 Å². The van der Waals surface area contributed by atoms with Crippen LogP contribution in [0.5, 0.6) is 5.75 Å². The summed E-state index contributed by atoms with van der Waals surface area (Å²) in [7, 11) is 1.75. The Balaban J connectivity index is 2.13. The van der Waals surface area contributed by atoms with Crippen LogP contribution in [0, 0.1) is 5.92 Å². The van der Waals surface area contributed by atoms with Gasteiger partial charge in [-0.2, -0.15) is 0 Å². The second-order valence-corrected chi connectivity index (χ2v) is 5.39. The summed E-state index contributed by atoms with van der Waals surface area (Å²) in [6.07, 6.45) is 5.95. The lowest BCUT2D eigenvalue weighted by Gasteiger charge is -2.24. The maximum Gasteiger partial charge on any atom is 0.132 e. The van der Waals surface area contributed by atoms with E-state index in [1.54, 1.807) is 18.9 Å². The van der Waals surface area contributed by atoms with Crippen LogP contribution in [0.3, 0.4) is 0 Å². The van der Waals surface area contributed by atoms with Gasteiger partial charge in [0, 0.05) is 0 Å². The van der Waals surface area contributed by atoms with Gasteiger partial charge in [-0.25, -0.2) is 0 Å². The van der Waals surface area contributed by atoms with Gasteiger partial charge in [-0.05, 0) is 56.2 Å². The van der Waals surface area contributed by atoms with Gasteiger partial charge < -0.3 is 10.1 Å². The highest BCUT2D eigenvalue weighted by molar-refractivity contribution is 7.98. The highest BCUT2D eigenvalue weighted by Crippen LogP contribution is 2.33. The molecule has 1 aliphatic rings. The Morgan fingerprint density at radius 3 is 3.00 bits per heavy atom. The van der Waals surface area contributed by atoms with Crippen LogP contribution in [0.1, 0.15) is 18.4 Å². The molecular weight excluding hydrogens is 230 g/mol. The van der Waals surface area contributed by atoms with Gasteiger partial charge in [0.1, 0.15) is 5.75 Å². The van der Waals surface area contributed by atoms with Gasteiger partial charge >= 0.3 is 0 Å². The van der Waals surface area contributed by atoms with Gasteiger partial charge in [-0.1, -0.05) is 12.1 Å². The van der Waals surface area contributed by atoms with E-state index in [1.165, 1.54) is 36.3 Å². The summed E-state index contributed by atoms with van der Waals surface area (Å²) in [4.78, 5) is 1.31. The standard InChI is InChI=1S/C14H21NOS/c1-16-13-7-3-6-12(14(13)17-2)9-11-5-4-8-15-10-11/h3,6-7,11,15H,4-5,8-10H2,1-2H3. The molecular formula is C14H21NOS. The highest BCUT2D eigenvalue weighted by atomic mass is 32.2. The first kappa shape index (κ1) is 12.8. The molecule has 0 saturated carbocycles. The van der Waals surface area contributed by atoms with E-state index in [-0.39, 0.29) is 0 Å². The number of rotatable bonds is 4. The molecule has 2 nitrogen and oxygen atoms in total. The van der Waals surface area contributed by atoms with E-state index in [0.717, 1.165) is 18.2 Å². The predicted octanol–water partition coefficient (Wildman–Crippen LogP) is 2.96. The third-order valence-corrected chi connectivity index (χ3v) is 4.26. The molecule has 1 atom stereocenters. The highest BCUT2D eigenvalue weighted by Gasteiger charge is 2.16. The number of benzene rings is 1. The number of thioether (sulfide) groups is 1. The normalized spacial score (nSPS) is 20.2. The Hall–Kier alpha value is -0.670. The van der Waals surface area contributed by atoms with E-state index in [1.807, 2.05) is 0 Å². The molecule has 17 heavy (non-hydrogen) atoms. The fourth-order valence-corrected chi connectivity index (χ4v) is 3.29. The lowest BCUT2D eigenvalue weighted by molar-refractivity contribution is 0.371. The molecule has 1 aliphatic heterocycles. The topological polar surface area (TPSA) is 21.3 Å². The number of methoxy groups -OCH3 is 1. The van der Waals surface area contributed by atoms with Crippen LogP contribution in [0.25, 0.3) is 0 Å². The third-order valence-electron chi connectivity index (χ3n) is 3.39. The second-order valence-electron chi connectivity index (χ2n) is 4.57. The van der Waals surface area contributed by atoms with E-state index in [9.17, 15) is 0 Å². The van der Waals surface area contributed by atoms with Crippen LogP contribution >= 0.6 is 11.8 Å². The van der Waals surface area contributed by atoms with Crippen molar-refractivity contribution in [1.82, 2.24) is 5.32 Å². The zero-order valence-electron chi connectivity index (χ0n) is 10.7. The van der Waals surface area contributed by atoms with Crippen LogP contribution in [-0.2, 0) is 6.42 Å². The second kappa shape index (κ2) is 6.31. The van der Waals surface area contributed by atoms with Crippen LogP contribution < -0.4 is 10.1 Å². The number of nitrogens with one attached hydrogen (secondary N) is 1. The molecule has 1 heterocycles. The quantitative estimate of drug-likeness (QED) is 0.831. The van der Waals surface area contributed by atoms with E-state index in [0.29, 0.717) is 0 Å². The Bertz CT molecular complexity index is 361. The van der Waals surface area contributed by atoms with Crippen molar-refractivity contribution in [2.45, 2.75) is 24.2 Å². The molecule has 1 fully saturated rings. The number of hydrogen-bond acceptors (Lipinski definition) is 3. The monoisotopic (exact) mass is 251 g/mol. The molecule has 1 unspecified atom stereocenters. The molecule has 0 radical (unpaired) electrons. The summed E-state index contributed by atoms with van der Waals surface area (Å²) >= 11 is 1.79. The van der Waals surface area contributed by atoms with Crippen molar-refractivity contribution in [3.63, 3.8) is 0 Å². The molecule has 0 aromatic heterocycles. The Morgan fingerprint density at radius 1 is 1.47 bits per heavy atom. The lowest BCUT2D eigenvalue weighted by atomic mass is 9.92. The van der Waals surface area contributed by atoms with Crippen molar-refractivity contribution >= 4 is 11.8 Å². The minimum atomic E-state index is 0.779. The number of ether oxygens (including phenoxy) is 1. The van der Waals surface area contributed by atoms with E-state index in [4.69, 9.17) is 4.74 Å². The molecule has 1 saturated heterocycles. The fraction of sp³-hybridized carbons (Fsp3) is 0.571. The van der Waals surface area contributed by atoms with Gasteiger partial charge in [-0.3, -0.25) is 0 Å². The van der Waals surface area contributed by atoms with Gasteiger partial charge in [0.25, 0.3) is 0 Å². The molecule has 1 aromatic carbocycles. The predicted molar refractivity (Wildman–Crippen MR) is 74.1 cm³/mol. The van der Waals surface area contributed by atoms with Crippen molar-refractivity contribution in [1.29, 1.82) is 0 Å². The molecule has 0 bridgehead atoms. The van der Waals surface area contributed by atoms with Crippen LogP contribution in [0.15, 0.2) is 23.1 Å². The van der Waals surface area contributed by atoms with Crippen LogP contribution in [-0.4, -0.2) is 26.5 Å². The van der Waals surface area contributed by atoms with Crippen LogP contribution in [0.4, 0.5) is 0 Å². The SMILES string of the molecule is COc1cccc(CC2CCCNC2)c1SC. The minimum Gasteiger partial charge on any atom is -0.496 e. The zero-order valence-corrected chi connectivity index (χ0v) is 11.5. The first-order valence-electron chi connectivity index (χ1n) is 6.25. The van der Waals surface area contributed by atoms with E-state index >= 15 is 0 Å². The lowest BCUT2D eigenvalue weighted by Crippen LogP contribution is -2.30. The van der Waals surface area contributed by atoms with Gasteiger partial charge in [-0.15, -0.1) is 11.8 Å². The average molecular weight is 251 g/mol. The Labute approximate surface area is 108 Å². The third kappa shape index (κ3) is 3.17. The summed E-state index contributed by atoms with van der Waals surface area (Å²) in [6, 6.07) is 6.39. The largest absolute Gasteiger partial charge is 0.496 e. The maximum atomic E-state index is 5.43. The van der Waals surface area contributed by atoms with Crippen molar-refractivity contribution < 1.29 is 4.74 Å². The minimum absolute atomic E-state index is 0.779. The molecule has 0 spiro atoms. The van der Waals surface area contributed by atoms with E-state index in [2.05, 4.69) is 29.8 Å². The molecule has 1 N–H and O–H groups in total. The van der Waals surface area contributed by atoms with Crippen molar-refractivity contribution in [2.75, 3.05) is 26.5 Å². The first-order chi connectivity index (χ1) is 8.35. The Morgan fingerprint density at radius 2 is 2.35 bits per heavy atom. The molecule has 2 rings (SSSR count). The molecule has 0 aliphatic carbocycles. The van der Waals surface area contributed by atoms with Gasteiger partial charge in [0.15, 0.2) is 0 Å². The smallest absolute Gasteiger partial charge is 0.132 e. The first-order valence-corrected chi connectivity index (χ1v) is 7.48. The van der Waals surface area contributed by atoms with Crippen molar-refractivity contribution in [3.05, 3.63) is 23.8 Å². The number of hydrogen-bond donors (Lipinski definition) is 1. The average Bonchev–Trinajstić information content (AvgIpc) is 2.39. The van der Waals surface area contributed by atoms with Crippen molar-refractivity contribution in [2.24, 2.45) is 5.92 Å². The fourth-order valence-electron chi connectivity index (χ4n) is 2.52. The molecule has 0 amide bonds. The summed E-state index contributed by atoms with van der Waals surface area (Å²) in [5.41, 5.74) is 1.44. The summed E-state index contributed by atoms with van der Waals surface area (Å²) < 4.78 is 5.43. The van der Waals surface area contributed by atoms with E-state index < -0.39 is 0 Å². The van der Waals surface area contributed by atoms with Crippen LogP contribution in [0.2, 0.25) is 0 Å². The summed E-state index contributed by atoms with van der Waals surface area (Å²) in [5, 5.41) is 3.48.